The summed E-state index contributed by atoms with van der Waals surface area (Å²) in [6.07, 6.45) is 0. The molecule has 2 aromatic carbocycles. The van der Waals surface area contributed by atoms with Crippen LogP contribution in [0, 0.1) is 5.41 Å². The Morgan fingerprint density at radius 1 is 0.926 bits per heavy atom. The molecule has 0 spiro atoms. The predicted octanol–water partition coefficient (Wildman–Crippen LogP) is 4.80. The summed E-state index contributed by atoms with van der Waals surface area (Å²) in [5.74, 6) is 0.635. The number of ether oxygens (including phenoxy) is 3. The first-order valence-electron chi connectivity index (χ1n) is 8.50. The topological polar surface area (TPSA) is 61.8 Å². The van der Waals surface area contributed by atoms with Crippen molar-refractivity contribution in [1.29, 1.82) is 0 Å². The van der Waals surface area contributed by atoms with E-state index in [1.165, 1.54) is 0 Å². The van der Waals surface area contributed by atoms with Crippen LogP contribution in [0.15, 0.2) is 54.6 Å². The largest absolute Gasteiger partial charge is 0.496 e. The summed E-state index contributed by atoms with van der Waals surface area (Å²) in [5.41, 5.74) is 1.44. The van der Waals surface area contributed by atoms with Gasteiger partial charge in [0.05, 0.1) is 12.5 Å². The first kappa shape index (κ1) is 20.2. The third-order valence-corrected chi connectivity index (χ3v) is 3.72. The highest BCUT2D eigenvalue weighted by Gasteiger charge is 2.24. The summed E-state index contributed by atoms with van der Waals surface area (Å²) in [4.78, 5) is 23.6. The zero-order chi connectivity index (χ0) is 20.2. The molecule has 0 unspecified atom stereocenters. The molecule has 0 aromatic heterocycles. The second-order valence-electron chi connectivity index (χ2n) is 7.20. The summed E-state index contributed by atoms with van der Waals surface area (Å²) in [6, 6.07) is 12.2. The van der Waals surface area contributed by atoms with Crippen LogP contribution in [-0.2, 0) is 9.59 Å². The van der Waals surface area contributed by atoms with Gasteiger partial charge in [-0.2, -0.15) is 0 Å². The summed E-state index contributed by atoms with van der Waals surface area (Å²) in [6.45, 7) is 10.5. The Balaban J connectivity index is 2.24. The lowest BCUT2D eigenvalue weighted by atomic mass is 9.97. The Bertz CT molecular complexity index is 857. The molecule has 0 aliphatic carbocycles. The van der Waals surface area contributed by atoms with E-state index in [4.69, 9.17) is 14.2 Å². The zero-order valence-electron chi connectivity index (χ0n) is 16.3. The van der Waals surface area contributed by atoms with E-state index in [2.05, 4.69) is 6.58 Å². The third kappa shape index (κ3) is 5.20. The minimum Gasteiger partial charge on any atom is -0.496 e. The van der Waals surface area contributed by atoms with Crippen molar-refractivity contribution in [3.8, 4) is 28.4 Å². The average molecular weight is 368 g/mol. The van der Waals surface area contributed by atoms with Crippen LogP contribution in [0.1, 0.15) is 27.7 Å². The van der Waals surface area contributed by atoms with Gasteiger partial charge in [-0.1, -0.05) is 18.7 Å². The molecule has 0 bridgehead atoms. The average Bonchev–Trinajstić information content (AvgIpc) is 2.61. The minimum atomic E-state index is -0.594. The van der Waals surface area contributed by atoms with E-state index in [9.17, 15) is 9.59 Å². The zero-order valence-corrected chi connectivity index (χ0v) is 16.3. The van der Waals surface area contributed by atoms with Crippen LogP contribution in [0.25, 0.3) is 11.1 Å². The van der Waals surface area contributed by atoms with Gasteiger partial charge in [0, 0.05) is 17.2 Å². The first-order chi connectivity index (χ1) is 12.6. The number of rotatable bonds is 5. The van der Waals surface area contributed by atoms with Crippen molar-refractivity contribution in [3.63, 3.8) is 0 Å². The highest BCUT2D eigenvalue weighted by atomic mass is 16.5. The number of esters is 2. The van der Waals surface area contributed by atoms with Crippen LogP contribution in [0.3, 0.4) is 0 Å². The Labute approximate surface area is 159 Å². The van der Waals surface area contributed by atoms with Gasteiger partial charge in [-0.05, 0) is 57.5 Å². The lowest BCUT2D eigenvalue weighted by Crippen LogP contribution is -2.25. The van der Waals surface area contributed by atoms with Crippen molar-refractivity contribution in [1.82, 2.24) is 0 Å². The highest BCUT2D eigenvalue weighted by Crippen LogP contribution is 2.34. The molecule has 27 heavy (non-hydrogen) atoms. The van der Waals surface area contributed by atoms with Gasteiger partial charge in [-0.25, -0.2) is 4.79 Å². The smallest absolute Gasteiger partial charge is 0.338 e. The number of benzene rings is 2. The molecule has 0 saturated heterocycles. The van der Waals surface area contributed by atoms with Crippen LogP contribution in [0.4, 0.5) is 0 Å². The predicted molar refractivity (Wildman–Crippen MR) is 104 cm³/mol. The maximum atomic E-state index is 12.1. The standard InChI is InChI=1S/C22H24O5/c1-14(2)20(23)26-16-9-7-15(8-10-16)18-12-11-17(13-19(18)25-6)27-21(24)22(3,4)5/h7-13H,1H2,2-6H3. The molecular weight excluding hydrogens is 344 g/mol. The lowest BCUT2D eigenvalue weighted by Gasteiger charge is -2.17. The molecule has 0 atom stereocenters. The fraction of sp³-hybridized carbons (Fsp3) is 0.273. The third-order valence-electron chi connectivity index (χ3n) is 3.72. The van der Waals surface area contributed by atoms with Crippen LogP contribution in [-0.4, -0.2) is 19.0 Å². The fourth-order valence-corrected chi connectivity index (χ4v) is 2.13. The van der Waals surface area contributed by atoms with E-state index in [-0.39, 0.29) is 5.97 Å². The molecule has 5 nitrogen and oxygen atoms in total. The molecule has 0 N–H and O–H groups in total. The van der Waals surface area contributed by atoms with E-state index in [1.54, 1.807) is 59.1 Å². The van der Waals surface area contributed by atoms with Gasteiger partial charge >= 0.3 is 11.9 Å². The summed E-state index contributed by atoms with van der Waals surface area (Å²) >= 11 is 0. The number of hydrogen-bond acceptors (Lipinski definition) is 5. The molecule has 0 heterocycles. The van der Waals surface area contributed by atoms with Crippen molar-refractivity contribution in [2.75, 3.05) is 7.11 Å². The van der Waals surface area contributed by atoms with E-state index in [1.807, 2.05) is 18.2 Å². The summed E-state index contributed by atoms with van der Waals surface area (Å²) < 4.78 is 16.0. The van der Waals surface area contributed by atoms with E-state index >= 15 is 0 Å². The van der Waals surface area contributed by atoms with Crippen LogP contribution < -0.4 is 14.2 Å². The second kappa shape index (κ2) is 8.08. The monoisotopic (exact) mass is 368 g/mol. The fourth-order valence-electron chi connectivity index (χ4n) is 2.13. The highest BCUT2D eigenvalue weighted by molar-refractivity contribution is 5.88. The van der Waals surface area contributed by atoms with Crippen LogP contribution >= 0.6 is 0 Å². The number of carbonyl (C=O) groups excluding carboxylic acids is 2. The Morgan fingerprint density at radius 3 is 2.04 bits per heavy atom. The van der Waals surface area contributed by atoms with Gasteiger partial charge in [0.15, 0.2) is 0 Å². The van der Waals surface area contributed by atoms with E-state index in [0.717, 1.165) is 11.1 Å². The lowest BCUT2D eigenvalue weighted by molar-refractivity contribution is -0.143. The first-order valence-corrected chi connectivity index (χ1v) is 8.50. The van der Waals surface area contributed by atoms with Crippen molar-refractivity contribution in [2.45, 2.75) is 27.7 Å². The molecule has 142 valence electrons. The normalized spacial score (nSPS) is 10.9. The van der Waals surface area contributed by atoms with Crippen molar-refractivity contribution < 1.29 is 23.8 Å². The SMILES string of the molecule is C=C(C)C(=O)Oc1ccc(-c2ccc(OC(=O)C(C)(C)C)cc2OC)cc1. The van der Waals surface area contributed by atoms with Gasteiger partial charge in [-0.3, -0.25) is 4.79 Å². The quantitative estimate of drug-likeness (QED) is 0.431. The number of hydrogen-bond donors (Lipinski definition) is 0. The molecule has 5 heteroatoms. The maximum absolute atomic E-state index is 12.1. The van der Waals surface area contributed by atoms with Crippen LogP contribution in [0.5, 0.6) is 17.2 Å². The Morgan fingerprint density at radius 2 is 1.52 bits per heavy atom. The van der Waals surface area contributed by atoms with Gasteiger partial charge in [0.1, 0.15) is 17.2 Å². The Kier molecular flexibility index (Phi) is 6.05. The maximum Gasteiger partial charge on any atom is 0.338 e. The Hall–Kier alpha value is -3.08. The molecule has 2 rings (SSSR count). The van der Waals surface area contributed by atoms with Crippen LogP contribution in [0.2, 0.25) is 0 Å². The second-order valence-corrected chi connectivity index (χ2v) is 7.20. The number of carbonyl (C=O) groups is 2. The van der Waals surface area contributed by atoms with Gasteiger partial charge in [0.2, 0.25) is 0 Å². The van der Waals surface area contributed by atoms with E-state index in [0.29, 0.717) is 22.8 Å². The molecule has 0 fully saturated rings. The summed E-state index contributed by atoms with van der Waals surface area (Å²) in [5, 5.41) is 0. The molecule has 2 aromatic rings. The minimum absolute atomic E-state index is 0.319. The van der Waals surface area contributed by atoms with E-state index < -0.39 is 11.4 Å². The van der Waals surface area contributed by atoms with Crippen molar-refractivity contribution in [3.05, 3.63) is 54.6 Å². The van der Waals surface area contributed by atoms with Gasteiger partial charge in [0.25, 0.3) is 0 Å². The molecule has 0 saturated carbocycles. The summed E-state index contributed by atoms with van der Waals surface area (Å²) in [7, 11) is 1.55. The van der Waals surface area contributed by atoms with Crippen molar-refractivity contribution in [2.24, 2.45) is 5.41 Å². The number of methoxy groups -OCH3 is 1. The van der Waals surface area contributed by atoms with Gasteiger partial charge in [-0.15, -0.1) is 0 Å². The molecule has 0 aliphatic heterocycles. The molecule has 0 radical (unpaired) electrons. The van der Waals surface area contributed by atoms with Crippen molar-refractivity contribution >= 4 is 11.9 Å². The molecular formula is C22H24O5. The molecule has 0 amide bonds. The molecule has 0 aliphatic rings. The van der Waals surface area contributed by atoms with Gasteiger partial charge < -0.3 is 14.2 Å².